The van der Waals surface area contributed by atoms with Gasteiger partial charge in [0.05, 0.1) is 5.57 Å². The molecule has 4 heterocycles. The normalized spacial score (nSPS) is 18.7. The average Bonchev–Trinajstić information content (AvgIpc) is 3.53. The number of nitrogens with two attached hydrogens (primary N) is 1. The summed E-state index contributed by atoms with van der Waals surface area (Å²) in [4.78, 5) is 25.5. The van der Waals surface area contributed by atoms with Gasteiger partial charge in [-0.2, -0.15) is 8.78 Å². The number of aryl methyl sites for hydroxylation is 1. The molecular formula is C26H28F2N6O. The van der Waals surface area contributed by atoms with Gasteiger partial charge < -0.3 is 20.9 Å². The molecule has 0 bridgehead atoms. The van der Waals surface area contributed by atoms with Crippen molar-refractivity contribution in [1.82, 2.24) is 20.2 Å². The molecule has 0 aliphatic carbocycles. The van der Waals surface area contributed by atoms with Crippen molar-refractivity contribution < 1.29 is 13.6 Å². The molecule has 1 unspecified atom stereocenters. The standard InChI is InChI=1S/C26H28F2N6O/c1-15-11-31-24-20(15)9-18(12-32-24)17-7-16-4-6-34(25(35)19(10-29)13-33-26(27)28)14-22(16)21(8-17)23-3-2-5-30-23/h7-13,23,26,30H,2-6,14,29H2,1H3,(H,31,32). The maximum absolute atomic E-state index is 13.0. The highest BCUT2D eigenvalue weighted by atomic mass is 19.3. The molecule has 2 aliphatic rings. The van der Waals surface area contributed by atoms with Crippen LogP contribution in [0.15, 0.2) is 47.4 Å². The van der Waals surface area contributed by atoms with Crippen LogP contribution in [0.3, 0.4) is 0 Å². The Kier molecular flexibility index (Phi) is 6.34. The van der Waals surface area contributed by atoms with Crippen molar-refractivity contribution in [1.29, 1.82) is 0 Å². The summed E-state index contributed by atoms with van der Waals surface area (Å²) >= 11 is 0. The van der Waals surface area contributed by atoms with Crippen molar-refractivity contribution in [3.63, 3.8) is 0 Å². The molecule has 2 aliphatic heterocycles. The Morgan fingerprint density at radius 2 is 2.17 bits per heavy atom. The number of aliphatic imine (C=N–C) groups is 1. The number of alkyl halides is 2. The number of aromatic nitrogens is 2. The quantitative estimate of drug-likeness (QED) is 0.293. The fourth-order valence-corrected chi connectivity index (χ4v) is 5.08. The Bertz CT molecular complexity index is 1320. The summed E-state index contributed by atoms with van der Waals surface area (Å²) in [5, 5.41) is 4.69. The van der Waals surface area contributed by atoms with Crippen LogP contribution in [0.1, 0.15) is 41.1 Å². The van der Waals surface area contributed by atoms with Crippen LogP contribution in [0.4, 0.5) is 8.78 Å². The Hall–Kier alpha value is -3.59. The maximum Gasteiger partial charge on any atom is 0.331 e. The highest BCUT2D eigenvalue weighted by Crippen LogP contribution is 2.36. The number of pyridine rings is 1. The number of benzene rings is 1. The van der Waals surface area contributed by atoms with Crippen molar-refractivity contribution in [2.75, 3.05) is 13.1 Å². The summed E-state index contributed by atoms with van der Waals surface area (Å²) in [6.45, 7) is 0.998. The highest BCUT2D eigenvalue weighted by molar-refractivity contribution is 6.12. The third-order valence-electron chi connectivity index (χ3n) is 6.92. The lowest BCUT2D eigenvalue weighted by Gasteiger charge is -2.32. The molecular weight excluding hydrogens is 450 g/mol. The summed E-state index contributed by atoms with van der Waals surface area (Å²) in [6.07, 6.45) is 8.53. The molecule has 182 valence electrons. The van der Waals surface area contributed by atoms with E-state index >= 15 is 0 Å². The molecule has 1 saturated heterocycles. The molecule has 3 aromatic rings. The van der Waals surface area contributed by atoms with E-state index in [2.05, 4.69) is 45.4 Å². The molecule has 0 radical (unpaired) electrons. The first kappa shape index (κ1) is 23.2. The molecule has 1 amide bonds. The third kappa shape index (κ3) is 4.55. The van der Waals surface area contributed by atoms with E-state index in [1.807, 2.05) is 12.4 Å². The van der Waals surface area contributed by atoms with E-state index in [4.69, 9.17) is 5.73 Å². The minimum Gasteiger partial charge on any atom is -0.404 e. The summed E-state index contributed by atoms with van der Waals surface area (Å²) in [5.41, 5.74) is 13.2. The van der Waals surface area contributed by atoms with E-state index in [1.165, 1.54) is 11.1 Å². The first-order chi connectivity index (χ1) is 16.9. The minimum atomic E-state index is -2.89. The van der Waals surface area contributed by atoms with Crippen LogP contribution in [0.25, 0.3) is 22.2 Å². The Balaban J connectivity index is 1.51. The number of hydrogen-bond acceptors (Lipinski definition) is 5. The van der Waals surface area contributed by atoms with Crippen LogP contribution >= 0.6 is 0 Å². The second-order valence-corrected chi connectivity index (χ2v) is 9.10. The van der Waals surface area contributed by atoms with Gasteiger partial charge in [0.25, 0.3) is 5.91 Å². The predicted molar refractivity (Wildman–Crippen MR) is 132 cm³/mol. The zero-order valence-electron chi connectivity index (χ0n) is 19.5. The van der Waals surface area contributed by atoms with Gasteiger partial charge in [0.15, 0.2) is 0 Å². The van der Waals surface area contributed by atoms with Crippen LogP contribution in [0.5, 0.6) is 0 Å². The molecule has 2 aromatic heterocycles. The van der Waals surface area contributed by atoms with Gasteiger partial charge in [-0.1, -0.05) is 6.07 Å². The minimum absolute atomic E-state index is 0.0350. The lowest BCUT2D eigenvalue weighted by atomic mass is 9.87. The van der Waals surface area contributed by atoms with Crippen LogP contribution in [-0.2, 0) is 17.8 Å². The molecule has 1 atom stereocenters. The van der Waals surface area contributed by atoms with E-state index in [-0.39, 0.29) is 11.6 Å². The van der Waals surface area contributed by atoms with Gasteiger partial charge in [0.1, 0.15) is 5.65 Å². The average molecular weight is 479 g/mol. The van der Waals surface area contributed by atoms with E-state index < -0.39 is 12.5 Å². The van der Waals surface area contributed by atoms with Gasteiger partial charge in [0, 0.05) is 54.9 Å². The van der Waals surface area contributed by atoms with E-state index in [0.717, 1.165) is 65.1 Å². The first-order valence-electron chi connectivity index (χ1n) is 11.8. The second kappa shape index (κ2) is 9.58. The topological polar surface area (TPSA) is 99.4 Å². The van der Waals surface area contributed by atoms with Crippen molar-refractivity contribution in [2.24, 2.45) is 10.7 Å². The van der Waals surface area contributed by atoms with Gasteiger partial charge in [-0.3, -0.25) is 4.79 Å². The monoisotopic (exact) mass is 478 g/mol. The molecule has 35 heavy (non-hydrogen) atoms. The number of halogens is 2. The number of rotatable bonds is 5. The third-order valence-corrected chi connectivity index (χ3v) is 6.92. The lowest BCUT2D eigenvalue weighted by Crippen LogP contribution is -2.38. The summed E-state index contributed by atoms with van der Waals surface area (Å²) in [6, 6.07) is 6.77. The smallest absolute Gasteiger partial charge is 0.331 e. The van der Waals surface area contributed by atoms with E-state index in [0.29, 0.717) is 19.5 Å². The number of fused-ring (bicyclic) bond motifs is 2. The zero-order chi connectivity index (χ0) is 24.5. The number of carbonyl (C=O) groups is 1. The van der Waals surface area contributed by atoms with Gasteiger partial charge in [-0.15, -0.1) is 0 Å². The van der Waals surface area contributed by atoms with Gasteiger partial charge in [-0.25, -0.2) is 9.98 Å². The van der Waals surface area contributed by atoms with Crippen LogP contribution in [0, 0.1) is 6.92 Å². The van der Waals surface area contributed by atoms with Crippen molar-refractivity contribution in [3.05, 3.63) is 64.6 Å². The number of hydrogen-bond donors (Lipinski definition) is 3. The number of carbonyl (C=O) groups excluding carboxylic acids is 1. The fourth-order valence-electron chi connectivity index (χ4n) is 5.08. The number of aromatic amines is 1. The SMILES string of the molecule is Cc1c[nH]c2ncc(-c3cc4c(c(C5CCCN5)c3)CN(C(=O)C(C=NC(F)F)=CN)CC4)cc12. The van der Waals surface area contributed by atoms with Gasteiger partial charge in [-0.05, 0) is 72.7 Å². The molecule has 5 rings (SSSR count). The number of nitrogens with one attached hydrogen (secondary N) is 2. The Morgan fingerprint density at radius 1 is 1.31 bits per heavy atom. The molecule has 0 spiro atoms. The summed E-state index contributed by atoms with van der Waals surface area (Å²) in [5.74, 6) is -0.394. The van der Waals surface area contributed by atoms with E-state index in [1.54, 1.807) is 4.90 Å². The molecule has 9 heteroatoms. The molecule has 0 saturated carbocycles. The molecule has 1 fully saturated rings. The highest BCUT2D eigenvalue weighted by Gasteiger charge is 2.29. The van der Waals surface area contributed by atoms with E-state index in [9.17, 15) is 13.6 Å². The number of H-pyrrole nitrogens is 1. The number of nitrogens with zero attached hydrogens (tertiary/aromatic N) is 3. The van der Waals surface area contributed by atoms with Crippen molar-refractivity contribution in [3.8, 4) is 11.1 Å². The van der Waals surface area contributed by atoms with Crippen molar-refractivity contribution in [2.45, 2.75) is 45.3 Å². The molecule has 1 aromatic carbocycles. The fraction of sp³-hybridized carbons (Fsp3) is 0.346. The number of amides is 1. The van der Waals surface area contributed by atoms with Crippen LogP contribution in [-0.4, -0.2) is 46.6 Å². The van der Waals surface area contributed by atoms with Gasteiger partial charge in [0.2, 0.25) is 0 Å². The Labute approximate surface area is 202 Å². The first-order valence-corrected chi connectivity index (χ1v) is 11.8. The van der Waals surface area contributed by atoms with Crippen molar-refractivity contribution >= 4 is 23.2 Å². The maximum atomic E-state index is 13.0. The zero-order valence-corrected chi connectivity index (χ0v) is 19.5. The predicted octanol–water partition coefficient (Wildman–Crippen LogP) is 3.98. The second-order valence-electron chi connectivity index (χ2n) is 9.10. The molecule has 7 nitrogen and oxygen atoms in total. The summed E-state index contributed by atoms with van der Waals surface area (Å²) < 4.78 is 25.0. The van der Waals surface area contributed by atoms with Crippen LogP contribution in [0.2, 0.25) is 0 Å². The van der Waals surface area contributed by atoms with Gasteiger partial charge >= 0.3 is 6.55 Å². The summed E-state index contributed by atoms with van der Waals surface area (Å²) in [7, 11) is 0. The largest absolute Gasteiger partial charge is 0.404 e. The Morgan fingerprint density at radius 3 is 2.91 bits per heavy atom. The van der Waals surface area contributed by atoms with Crippen LogP contribution < -0.4 is 11.1 Å². The lowest BCUT2D eigenvalue weighted by molar-refractivity contribution is -0.127. The molecule has 4 N–H and O–H groups in total.